The van der Waals surface area contributed by atoms with Gasteiger partial charge in [0, 0.05) is 0 Å². The molecule has 6 nitrogen and oxygen atoms in total. The number of sulfonamides is 1. The van der Waals surface area contributed by atoms with Crippen molar-refractivity contribution in [2.75, 3.05) is 0 Å². The lowest BCUT2D eigenvalue weighted by atomic mass is 10.1. The molecule has 2 rings (SSSR count). The van der Waals surface area contributed by atoms with Crippen LogP contribution in [0.3, 0.4) is 0 Å². The summed E-state index contributed by atoms with van der Waals surface area (Å²) in [4.78, 5) is 16.9. The number of rotatable bonds is 8. The zero-order chi connectivity index (χ0) is 19.2. The van der Waals surface area contributed by atoms with Crippen LogP contribution in [0, 0.1) is 11.7 Å². The summed E-state index contributed by atoms with van der Waals surface area (Å²) in [7, 11) is -4.20. The van der Waals surface area contributed by atoms with Gasteiger partial charge in [-0.05, 0) is 23.6 Å². The van der Waals surface area contributed by atoms with Gasteiger partial charge in [-0.15, -0.1) is 0 Å². The van der Waals surface area contributed by atoms with Crippen LogP contribution in [0.4, 0.5) is 4.39 Å². The van der Waals surface area contributed by atoms with Crippen molar-refractivity contribution in [1.29, 1.82) is 0 Å². The second-order valence-electron chi connectivity index (χ2n) is 6.01. The summed E-state index contributed by atoms with van der Waals surface area (Å²) < 4.78 is 40.8. The SMILES string of the molecule is CC(C)[C@H](NS(=O)(=O)c1ccccc1F)C(=O)NOCc1ccccc1. The molecule has 26 heavy (non-hydrogen) atoms. The molecule has 0 heterocycles. The van der Waals surface area contributed by atoms with Gasteiger partial charge in [-0.2, -0.15) is 4.72 Å². The molecule has 0 aliphatic rings. The van der Waals surface area contributed by atoms with E-state index in [1.807, 2.05) is 30.3 Å². The molecule has 2 aromatic rings. The number of amides is 1. The van der Waals surface area contributed by atoms with Crippen molar-refractivity contribution in [2.45, 2.75) is 31.4 Å². The molecule has 0 fully saturated rings. The van der Waals surface area contributed by atoms with E-state index >= 15 is 0 Å². The Bertz CT molecular complexity index is 841. The summed E-state index contributed by atoms with van der Waals surface area (Å²) in [5, 5.41) is 0. The molecule has 2 N–H and O–H groups in total. The van der Waals surface area contributed by atoms with Crippen molar-refractivity contribution in [1.82, 2.24) is 10.2 Å². The topological polar surface area (TPSA) is 84.5 Å². The summed E-state index contributed by atoms with van der Waals surface area (Å²) in [6.45, 7) is 3.48. The van der Waals surface area contributed by atoms with Crippen molar-refractivity contribution in [3.8, 4) is 0 Å². The number of hydrogen-bond donors (Lipinski definition) is 2. The van der Waals surface area contributed by atoms with Crippen LogP contribution >= 0.6 is 0 Å². The minimum atomic E-state index is -4.20. The molecule has 0 aliphatic heterocycles. The maximum absolute atomic E-state index is 13.8. The van der Waals surface area contributed by atoms with Crippen molar-refractivity contribution < 1.29 is 22.4 Å². The fourth-order valence-corrected chi connectivity index (χ4v) is 3.64. The summed E-state index contributed by atoms with van der Waals surface area (Å²) in [6.07, 6.45) is 0. The molecule has 8 heteroatoms. The van der Waals surface area contributed by atoms with Crippen LogP contribution in [0.2, 0.25) is 0 Å². The van der Waals surface area contributed by atoms with Gasteiger partial charge in [0.15, 0.2) is 0 Å². The molecule has 0 saturated carbocycles. The first-order valence-corrected chi connectivity index (χ1v) is 9.52. The molecule has 0 saturated heterocycles. The first kappa shape index (κ1) is 20.0. The van der Waals surface area contributed by atoms with Gasteiger partial charge in [0.2, 0.25) is 10.0 Å². The lowest BCUT2D eigenvalue weighted by Gasteiger charge is -2.21. The highest BCUT2D eigenvalue weighted by molar-refractivity contribution is 7.89. The second kappa shape index (κ2) is 8.88. The highest BCUT2D eigenvalue weighted by Gasteiger charge is 2.30. The minimum absolute atomic E-state index is 0.136. The van der Waals surface area contributed by atoms with E-state index in [1.54, 1.807) is 13.8 Å². The van der Waals surface area contributed by atoms with Crippen molar-refractivity contribution >= 4 is 15.9 Å². The normalized spacial score (nSPS) is 12.8. The highest BCUT2D eigenvalue weighted by atomic mass is 32.2. The number of hydrogen-bond acceptors (Lipinski definition) is 4. The zero-order valence-corrected chi connectivity index (χ0v) is 15.3. The van der Waals surface area contributed by atoms with E-state index in [1.165, 1.54) is 12.1 Å². The van der Waals surface area contributed by atoms with Gasteiger partial charge in [0.1, 0.15) is 16.8 Å². The van der Waals surface area contributed by atoms with Crippen molar-refractivity contribution in [2.24, 2.45) is 5.92 Å². The van der Waals surface area contributed by atoms with Gasteiger partial charge in [-0.3, -0.25) is 9.63 Å². The molecule has 0 bridgehead atoms. The van der Waals surface area contributed by atoms with Gasteiger partial charge < -0.3 is 0 Å². The smallest absolute Gasteiger partial charge is 0.261 e. The number of benzene rings is 2. The van der Waals surface area contributed by atoms with Crippen molar-refractivity contribution in [3.05, 3.63) is 66.0 Å². The summed E-state index contributed by atoms with van der Waals surface area (Å²) >= 11 is 0. The Morgan fingerprint density at radius 2 is 1.69 bits per heavy atom. The molecule has 0 radical (unpaired) electrons. The molecule has 2 aromatic carbocycles. The van der Waals surface area contributed by atoms with E-state index in [0.29, 0.717) is 0 Å². The van der Waals surface area contributed by atoms with Crippen LogP contribution in [-0.4, -0.2) is 20.4 Å². The number of carbonyl (C=O) groups excluding carboxylic acids is 1. The molecule has 0 unspecified atom stereocenters. The van der Waals surface area contributed by atoms with E-state index in [4.69, 9.17) is 4.84 Å². The lowest BCUT2D eigenvalue weighted by Crippen LogP contribution is -2.49. The monoisotopic (exact) mass is 380 g/mol. The number of hydroxylamine groups is 1. The van der Waals surface area contributed by atoms with Gasteiger partial charge in [0.05, 0.1) is 6.61 Å². The third kappa shape index (κ3) is 5.35. The molecular weight excluding hydrogens is 359 g/mol. The van der Waals surface area contributed by atoms with E-state index in [2.05, 4.69) is 10.2 Å². The Kier molecular flexibility index (Phi) is 6.84. The molecule has 0 aromatic heterocycles. The van der Waals surface area contributed by atoms with Crippen LogP contribution < -0.4 is 10.2 Å². The van der Waals surface area contributed by atoms with Gasteiger partial charge in [0.25, 0.3) is 5.91 Å². The fraction of sp³-hybridized carbons (Fsp3) is 0.278. The van der Waals surface area contributed by atoms with Crippen LogP contribution in [0.25, 0.3) is 0 Å². The van der Waals surface area contributed by atoms with Crippen LogP contribution in [-0.2, 0) is 26.3 Å². The molecule has 1 amide bonds. The first-order valence-electron chi connectivity index (χ1n) is 8.03. The van der Waals surface area contributed by atoms with Crippen LogP contribution in [0.15, 0.2) is 59.5 Å². The standard InChI is InChI=1S/C18H21FN2O4S/c1-13(2)17(18(22)20-25-12-14-8-4-3-5-9-14)21-26(23,24)16-11-7-6-10-15(16)19/h3-11,13,17,21H,12H2,1-2H3,(H,20,22)/t17-/m0/s1. The van der Waals surface area contributed by atoms with E-state index < -0.39 is 32.7 Å². The lowest BCUT2D eigenvalue weighted by molar-refractivity contribution is -0.137. The van der Waals surface area contributed by atoms with Gasteiger partial charge in [-0.25, -0.2) is 18.3 Å². The van der Waals surface area contributed by atoms with Crippen LogP contribution in [0.5, 0.6) is 0 Å². The quantitative estimate of drug-likeness (QED) is 0.689. The predicted octanol–water partition coefficient (Wildman–Crippen LogP) is 2.38. The average Bonchev–Trinajstić information content (AvgIpc) is 2.60. The van der Waals surface area contributed by atoms with E-state index in [9.17, 15) is 17.6 Å². The Morgan fingerprint density at radius 3 is 2.31 bits per heavy atom. The molecule has 0 spiro atoms. The summed E-state index contributed by atoms with van der Waals surface area (Å²) in [5.41, 5.74) is 3.09. The maximum atomic E-state index is 13.8. The third-order valence-electron chi connectivity index (χ3n) is 3.61. The third-order valence-corrected chi connectivity index (χ3v) is 5.09. The summed E-state index contributed by atoms with van der Waals surface area (Å²) in [6, 6.07) is 13.0. The zero-order valence-electron chi connectivity index (χ0n) is 14.5. The maximum Gasteiger partial charge on any atom is 0.261 e. The fourth-order valence-electron chi connectivity index (χ4n) is 2.21. The van der Waals surface area contributed by atoms with Crippen LogP contribution in [0.1, 0.15) is 19.4 Å². The van der Waals surface area contributed by atoms with Crippen molar-refractivity contribution in [3.63, 3.8) is 0 Å². The highest BCUT2D eigenvalue weighted by Crippen LogP contribution is 2.15. The number of halogens is 1. The average molecular weight is 380 g/mol. The first-order chi connectivity index (χ1) is 12.3. The van der Waals surface area contributed by atoms with E-state index in [-0.39, 0.29) is 12.5 Å². The Morgan fingerprint density at radius 1 is 1.08 bits per heavy atom. The van der Waals surface area contributed by atoms with E-state index in [0.717, 1.165) is 17.7 Å². The Labute approximate surface area is 152 Å². The predicted molar refractivity (Wildman–Crippen MR) is 94.7 cm³/mol. The number of nitrogens with one attached hydrogen (secondary N) is 2. The molecule has 1 atom stereocenters. The summed E-state index contributed by atoms with van der Waals surface area (Å²) in [5.74, 6) is -1.92. The van der Waals surface area contributed by atoms with Gasteiger partial charge >= 0.3 is 0 Å². The minimum Gasteiger partial charge on any atom is -0.271 e. The number of carbonyl (C=O) groups is 1. The molecule has 0 aliphatic carbocycles. The molecular formula is C18H21FN2O4S. The largest absolute Gasteiger partial charge is 0.271 e. The molecule has 140 valence electrons. The Hall–Kier alpha value is -2.29. The Balaban J connectivity index is 2.03. The second-order valence-corrected chi connectivity index (χ2v) is 7.70. The van der Waals surface area contributed by atoms with Gasteiger partial charge in [-0.1, -0.05) is 56.3 Å².